The summed E-state index contributed by atoms with van der Waals surface area (Å²) in [6.45, 7) is 1.60. The van der Waals surface area contributed by atoms with Gasteiger partial charge in [0, 0.05) is 5.69 Å². The summed E-state index contributed by atoms with van der Waals surface area (Å²) in [7, 11) is 0. The molecule has 3 aromatic rings. The Bertz CT molecular complexity index is 904. The summed E-state index contributed by atoms with van der Waals surface area (Å²) in [5.41, 5.74) is 0.279. The molecule has 128 valence electrons. The molecule has 0 aliphatic heterocycles. The Hall–Kier alpha value is -3.16. The van der Waals surface area contributed by atoms with Crippen LogP contribution in [0.25, 0.3) is 5.69 Å². The highest BCUT2D eigenvalue weighted by Crippen LogP contribution is 2.30. The van der Waals surface area contributed by atoms with Gasteiger partial charge in [0.15, 0.2) is 5.69 Å². The first-order valence-electron chi connectivity index (χ1n) is 7.32. The number of carbonyl (C=O) groups is 1. The van der Waals surface area contributed by atoms with E-state index in [1.807, 2.05) is 6.07 Å². The number of para-hydroxylation sites is 1. The number of nitrogens with zero attached hydrogens (tertiary/aromatic N) is 3. The number of benzene rings is 2. The molecule has 0 bridgehead atoms. The first-order valence-corrected chi connectivity index (χ1v) is 7.32. The van der Waals surface area contributed by atoms with E-state index in [2.05, 4.69) is 15.5 Å². The molecule has 0 saturated heterocycles. The second-order valence-corrected chi connectivity index (χ2v) is 5.29. The maximum atomic E-state index is 12.7. The van der Waals surface area contributed by atoms with Gasteiger partial charge in [-0.3, -0.25) is 4.79 Å². The van der Waals surface area contributed by atoms with E-state index in [1.54, 1.807) is 31.2 Å². The van der Waals surface area contributed by atoms with Gasteiger partial charge in [-0.05, 0) is 37.3 Å². The Morgan fingerprint density at radius 3 is 2.44 bits per heavy atom. The van der Waals surface area contributed by atoms with E-state index < -0.39 is 17.6 Å². The van der Waals surface area contributed by atoms with Crippen LogP contribution in [0.15, 0.2) is 54.6 Å². The largest absolute Gasteiger partial charge is 0.416 e. The van der Waals surface area contributed by atoms with Gasteiger partial charge in [-0.2, -0.15) is 23.1 Å². The highest BCUT2D eigenvalue weighted by atomic mass is 19.4. The van der Waals surface area contributed by atoms with Crippen LogP contribution in [0.1, 0.15) is 21.7 Å². The summed E-state index contributed by atoms with van der Waals surface area (Å²) in [6, 6.07) is 13.4. The molecule has 3 rings (SSSR count). The fraction of sp³-hybridized carbons (Fsp3) is 0.118. The van der Waals surface area contributed by atoms with Crippen molar-refractivity contribution in [1.29, 1.82) is 0 Å². The average molecular weight is 346 g/mol. The van der Waals surface area contributed by atoms with Crippen molar-refractivity contribution in [2.24, 2.45) is 0 Å². The zero-order valence-electron chi connectivity index (χ0n) is 13.1. The minimum atomic E-state index is -4.48. The van der Waals surface area contributed by atoms with Crippen molar-refractivity contribution in [1.82, 2.24) is 15.0 Å². The summed E-state index contributed by atoms with van der Waals surface area (Å²) in [5.74, 6) is -0.626. The number of aryl methyl sites for hydroxylation is 1. The molecule has 0 radical (unpaired) electrons. The van der Waals surface area contributed by atoms with E-state index >= 15 is 0 Å². The lowest BCUT2D eigenvalue weighted by Crippen LogP contribution is -2.15. The van der Waals surface area contributed by atoms with Gasteiger partial charge in [0.1, 0.15) is 0 Å². The fourth-order valence-corrected chi connectivity index (χ4v) is 2.23. The molecule has 8 heteroatoms. The molecule has 1 amide bonds. The third-order valence-electron chi connectivity index (χ3n) is 3.43. The van der Waals surface area contributed by atoms with E-state index in [0.717, 1.165) is 12.1 Å². The number of amides is 1. The van der Waals surface area contributed by atoms with Gasteiger partial charge in [0.25, 0.3) is 5.91 Å². The Kier molecular flexibility index (Phi) is 4.26. The van der Waals surface area contributed by atoms with Gasteiger partial charge in [-0.25, -0.2) is 0 Å². The van der Waals surface area contributed by atoms with Crippen molar-refractivity contribution in [3.05, 3.63) is 71.5 Å². The van der Waals surface area contributed by atoms with Crippen molar-refractivity contribution >= 4 is 11.6 Å². The van der Waals surface area contributed by atoms with Gasteiger partial charge in [0.05, 0.1) is 16.9 Å². The van der Waals surface area contributed by atoms with Crippen molar-refractivity contribution in [2.45, 2.75) is 13.1 Å². The van der Waals surface area contributed by atoms with Crippen LogP contribution in [-0.4, -0.2) is 20.9 Å². The molecule has 0 aliphatic carbocycles. The standard InChI is InChI=1S/C17H13F3N4O/c1-11-15(23-24(22-11)14-8-3-2-4-9-14)16(25)21-13-7-5-6-12(10-13)17(18,19)20/h2-10H,1H3,(H,21,25). The van der Waals surface area contributed by atoms with Crippen LogP contribution < -0.4 is 5.32 Å². The zero-order chi connectivity index (χ0) is 18.0. The maximum Gasteiger partial charge on any atom is 0.416 e. The molecule has 25 heavy (non-hydrogen) atoms. The highest BCUT2D eigenvalue weighted by molar-refractivity contribution is 6.03. The minimum absolute atomic E-state index is 0.0356. The van der Waals surface area contributed by atoms with Crippen LogP contribution >= 0.6 is 0 Å². The molecule has 1 heterocycles. The number of nitrogens with one attached hydrogen (secondary N) is 1. The summed E-state index contributed by atoms with van der Waals surface area (Å²) < 4.78 is 38.2. The quantitative estimate of drug-likeness (QED) is 0.784. The van der Waals surface area contributed by atoms with Gasteiger partial charge in [-0.1, -0.05) is 24.3 Å². The molecule has 0 saturated carbocycles. The van der Waals surface area contributed by atoms with Crippen LogP contribution in [0.2, 0.25) is 0 Å². The lowest BCUT2D eigenvalue weighted by atomic mass is 10.2. The predicted octanol–water partition coefficient (Wildman–Crippen LogP) is 3.85. The molecule has 2 aromatic carbocycles. The normalized spacial score (nSPS) is 11.4. The van der Waals surface area contributed by atoms with Crippen molar-refractivity contribution in [3.63, 3.8) is 0 Å². The predicted molar refractivity (Wildman–Crippen MR) is 85.5 cm³/mol. The average Bonchev–Trinajstić information content (AvgIpc) is 2.97. The van der Waals surface area contributed by atoms with Crippen molar-refractivity contribution < 1.29 is 18.0 Å². The highest BCUT2D eigenvalue weighted by Gasteiger charge is 2.30. The van der Waals surface area contributed by atoms with Gasteiger partial charge >= 0.3 is 6.18 Å². The fourth-order valence-electron chi connectivity index (χ4n) is 2.23. The van der Waals surface area contributed by atoms with E-state index in [0.29, 0.717) is 11.4 Å². The molecule has 1 N–H and O–H groups in total. The first kappa shape index (κ1) is 16.7. The van der Waals surface area contributed by atoms with Crippen molar-refractivity contribution in [2.75, 3.05) is 5.32 Å². The Morgan fingerprint density at radius 2 is 1.76 bits per heavy atom. The zero-order valence-corrected chi connectivity index (χ0v) is 13.1. The molecule has 0 unspecified atom stereocenters. The summed E-state index contributed by atoms with van der Waals surface area (Å²) in [4.78, 5) is 13.6. The number of carbonyl (C=O) groups excluding carboxylic acids is 1. The van der Waals surface area contributed by atoms with E-state index in [4.69, 9.17) is 0 Å². The Morgan fingerprint density at radius 1 is 1.04 bits per heavy atom. The van der Waals surface area contributed by atoms with Crippen LogP contribution in [-0.2, 0) is 6.18 Å². The lowest BCUT2D eigenvalue weighted by molar-refractivity contribution is -0.137. The number of aromatic nitrogens is 3. The number of hydrogen-bond acceptors (Lipinski definition) is 3. The number of hydrogen-bond donors (Lipinski definition) is 1. The number of halogens is 3. The number of alkyl halides is 3. The molecular weight excluding hydrogens is 333 g/mol. The van der Waals surface area contributed by atoms with Crippen LogP contribution in [0, 0.1) is 6.92 Å². The first-order chi connectivity index (χ1) is 11.8. The van der Waals surface area contributed by atoms with Crippen molar-refractivity contribution in [3.8, 4) is 5.69 Å². The number of rotatable bonds is 3. The van der Waals surface area contributed by atoms with Gasteiger partial charge in [0.2, 0.25) is 0 Å². The smallest absolute Gasteiger partial charge is 0.321 e. The van der Waals surface area contributed by atoms with Gasteiger partial charge in [-0.15, -0.1) is 5.10 Å². The van der Waals surface area contributed by atoms with E-state index in [1.165, 1.54) is 16.9 Å². The summed E-state index contributed by atoms with van der Waals surface area (Å²) in [6.07, 6.45) is -4.48. The second kappa shape index (κ2) is 6.39. The second-order valence-electron chi connectivity index (χ2n) is 5.29. The molecule has 0 fully saturated rings. The molecular formula is C17H13F3N4O. The van der Waals surface area contributed by atoms with Crippen LogP contribution in [0.3, 0.4) is 0 Å². The summed E-state index contributed by atoms with van der Waals surface area (Å²) >= 11 is 0. The molecule has 5 nitrogen and oxygen atoms in total. The van der Waals surface area contributed by atoms with E-state index in [9.17, 15) is 18.0 Å². The maximum absolute atomic E-state index is 12.7. The SMILES string of the molecule is Cc1nn(-c2ccccc2)nc1C(=O)Nc1cccc(C(F)(F)F)c1. The monoisotopic (exact) mass is 346 g/mol. The molecule has 0 aliphatic rings. The molecule has 1 aromatic heterocycles. The topological polar surface area (TPSA) is 59.8 Å². The Labute approximate surface area is 141 Å². The van der Waals surface area contributed by atoms with Crippen LogP contribution in [0.5, 0.6) is 0 Å². The molecule has 0 atom stereocenters. The lowest BCUT2D eigenvalue weighted by Gasteiger charge is -2.09. The third-order valence-corrected chi connectivity index (χ3v) is 3.43. The van der Waals surface area contributed by atoms with Crippen LogP contribution in [0.4, 0.5) is 18.9 Å². The molecule has 0 spiro atoms. The number of anilines is 1. The summed E-state index contributed by atoms with van der Waals surface area (Å²) in [5, 5.41) is 10.7. The third kappa shape index (κ3) is 3.68. The van der Waals surface area contributed by atoms with E-state index in [-0.39, 0.29) is 11.4 Å². The minimum Gasteiger partial charge on any atom is -0.321 e. The Balaban J connectivity index is 1.84. The van der Waals surface area contributed by atoms with Gasteiger partial charge < -0.3 is 5.32 Å².